The molecule has 0 saturated heterocycles. The molecule has 0 fully saturated rings. The van der Waals surface area contributed by atoms with Crippen molar-refractivity contribution in [3.05, 3.63) is 53.6 Å². The van der Waals surface area contributed by atoms with Crippen molar-refractivity contribution in [2.45, 2.75) is 20.2 Å². The van der Waals surface area contributed by atoms with Crippen LogP contribution < -0.4 is 10.1 Å². The summed E-state index contributed by atoms with van der Waals surface area (Å²) < 4.78 is 41.1. The SMILES string of the molecule is Cc1cccc(Nc2ccccc2OC(F)(F)F)c1C. The van der Waals surface area contributed by atoms with E-state index in [1.807, 2.05) is 32.0 Å². The van der Waals surface area contributed by atoms with E-state index in [0.717, 1.165) is 16.8 Å². The molecule has 0 spiro atoms. The van der Waals surface area contributed by atoms with Gasteiger partial charge in [0.05, 0.1) is 5.69 Å². The minimum atomic E-state index is -4.71. The van der Waals surface area contributed by atoms with Gasteiger partial charge in [0.1, 0.15) is 0 Å². The van der Waals surface area contributed by atoms with Gasteiger partial charge in [-0.2, -0.15) is 0 Å². The van der Waals surface area contributed by atoms with Crippen LogP contribution in [0.15, 0.2) is 42.5 Å². The molecule has 0 aliphatic heterocycles. The van der Waals surface area contributed by atoms with E-state index in [-0.39, 0.29) is 11.4 Å². The van der Waals surface area contributed by atoms with Gasteiger partial charge in [-0.3, -0.25) is 0 Å². The molecular weight excluding hydrogens is 267 g/mol. The maximum atomic E-state index is 12.4. The fourth-order valence-electron chi connectivity index (χ4n) is 1.82. The van der Waals surface area contributed by atoms with Crippen molar-refractivity contribution in [1.29, 1.82) is 0 Å². The van der Waals surface area contributed by atoms with Crippen LogP contribution in [-0.2, 0) is 0 Å². The first-order valence-corrected chi connectivity index (χ1v) is 6.05. The number of hydrogen-bond donors (Lipinski definition) is 1. The van der Waals surface area contributed by atoms with Gasteiger partial charge in [0.15, 0.2) is 5.75 Å². The molecule has 0 saturated carbocycles. The molecule has 2 aromatic carbocycles. The standard InChI is InChI=1S/C15H14F3NO/c1-10-6-5-8-12(11(10)2)19-13-7-3-4-9-14(13)20-15(16,17)18/h3-9,19H,1-2H3. The molecule has 2 aromatic rings. The summed E-state index contributed by atoms with van der Waals surface area (Å²) in [5.41, 5.74) is 3.07. The number of para-hydroxylation sites is 2. The second-order valence-electron chi connectivity index (χ2n) is 4.42. The highest BCUT2D eigenvalue weighted by Gasteiger charge is 2.32. The lowest BCUT2D eigenvalue weighted by molar-refractivity contribution is -0.274. The summed E-state index contributed by atoms with van der Waals surface area (Å²) in [5.74, 6) is -0.249. The molecule has 0 aliphatic carbocycles. The van der Waals surface area contributed by atoms with Crippen molar-refractivity contribution in [3.8, 4) is 5.75 Å². The lowest BCUT2D eigenvalue weighted by Crippen LogP contribution is -2.17. The highest BCUT2D eigenvalue weighted by molar-refractivity contribution is 5.69. The summed E-state index contributed by atoms with van der Waals surface area (Å²) in [6, 6.07) is 11.6. The maximum absolute atomic E-state index is 12.4. The van der Waals surface area contributed by atoms with E-state index in [1.165, 1.54) is 12.1 Å². The summed E-state index contributed by atoms with van der Waals surface area (Å²) in [5, 5.41) is 2.98. The van der Waals surface area contributed by atoms with Gasteiger partial charge in [-0.1, -0.05) is 24.3 Å². The fourth-order valence-corrected chi connectivity index (χ4v) is 1.82. The average molecular weight is 281 g/mol. The largest absolute Gasteiger partial charge is 0.573 e. The molecule has 0 heterocycles. The molecule has 0 aromatic heterocycles. The van der Waals surface area contributed by atoms with E-state index in [2.05, 4.69) is 10.1 Å². The quantitative estimate of drug-likeness (QED) is 0.859. The topological polar surface area (TPSA) is 21.3 Å². The third-order valence-electron chi connectivity index (χ3n) is 2.99. The van der Waals surface area contributed by atoms with Crippen molar-refractivity contribution in [1.82, 2.24) is 0 Å². The number of anilines is 2. The second-order valence-corrected chi connectivity index (χ2v) is 4.42. The third-order valence-corrected chi connectivity index (χ3v) is 2.99. The van der Waals surface area contributed by atoms with E-state index >= 15 is 0 Å². The molecule has 0 atom stereocenters. The zero-order valence-electron chi connectivity index (χ0n) is 11.1. The summed E-state index contributed by atoms with van der Waals surface area (Å²) in [7, 11) is 0. The Kier molecular flexibility index (Phi) is 3.88. The van der Waals surface area contributed by atoms with Crippen LogP contribution >= 0.6 is 0 Å². The molecule has 2 nitrogen and oxygen atoms in total. The molecule has 20 heavy (non-hydrogen) atoms. The summed E-state index contributed by atoms with van der Waals surface area (Å²) in [4.78, 5) is 0. The number of benzene rings is 2. The number of aryl methyl sites for hydroxylation is 1. The minimum Gasteiger partial charge on any atom is -0.404 e. The Morgan fingerprint density at radius 3 is 2.25 bits per heavy atom. The van der Waals surface area contributed by atoms with Crippen LogP contribution in [0.1, 0.15) is 11.1 Å². The fraction of sp³-hybridized carbons (Fsp3) is 0.200. The molecule has 2 rings (SSSR count). The Hall–Kier alpha value is -2.17. The van der Waals surface area contributed by atoms with Crippen molar-refractivity contribution < 1.29 is 17.9 Å². The Morgan fingerprint density at radius 2 is 1.55 bits per heavy atom. The van der Waals surface area contributed by atoms with Crippen molar-refractivity contribution >= 4 is 11.4 Å². The summed E-state index contributed by atoms with van der Waals surface area (Å²) >= 11 is 0. The highest BCUT2D eigenvalue weighted by atomic mass is 19.4. The molecule has 0 radical (unpaired) electrons. The smallest absolute Gasteiger partial charge is 0.404 e. The molecule has 5 heteroatoms. The van der Waals surface area contributed by atoms with E-state index in [4.69, 9.17) is 0 Å². The maximum Gasteiger partial charge on any atom is 0.573 e. The average Bonchev–Trinajstić information content (AvgIpc) is 2.35. The van der Waals surface area contributed by atoms with Crippen LogP contribution in [0, 0.1) is 13.8 Å². The van der Waals surface area contributed by atoms with Crippen LogP contribution in [0.2, 0.25) is 0 Å². The number of hydrogen-bond acceptors (Lipinski definition) is 2. The third kappa shape index (κ3) is 3.44. The monoisotopic (exact) mass is 281 g/mol. The zero-order valence-corrected chi connectivity index (χ0v) is 11.1. The van der Waals surface area contributed by atoms with Gasteiger partial charge < -0.3 is 10.1 Å². The van der Waals surface area contributed by atoms with Crippen LogP contribution in [0.25, 0.3) is 0 Å². The zero-order chi connectivity index (χ0) is 14.8. The molecule has 106 valence electrons. The van der Waals surface area contributed by atoms with Gasteiger partial charge in [0.2, 0.25) is 0 Å². The second kappa shape index (κ2) is 5.45. The number of alkyl halides is 3. The van der Waals surface area contributed by atoms with Crippen LogP contribution in [0.5, 0.6) is 5.75 Å². The summed E-state index contributed by atoms with van der Waals surface area (Å²) in [6.07, 6.45) is -4.71. The molecule has 0 unspecified atom stereocenters. The lowest BCUT2D eigenvalue weighted by Gasteiger charge is -2.16. The predicted molar refractivity (Wildman–Crippen MR) is 72.3 cm³/mol. The Bertz CT molecular complexity index is 608. The van der Waals surface area contributed by atoms with Crippen LogP contribution in [-0.4, -0.2) is 6.36 Å². The Morgan fingerprint density at radius 1 is 0.900 bits per heavy atom. The lowest BCUT2D eigenvalue weighted by atomic mass is 10.1. The van der Waals surface area contributed by atoms with Crippen LogP contribution in [0.3, 0.4) is 0 Å². The Balaban J connectivity index is 2.32. The minimum absolute atomic E-state index is 0.249. The summed E-state index contributed by atoms with van der Waals surface area (Å²) in [6.45, 7) is 3.85. The van der Waals surface area contributed by atoms with E-state index in [9.17, 15) is 13.2 Å². The first-order valence-electron chi connectivity index (χ1n) is 6.05. The normalized spacial score (nSPS) is 11.2. The van der Waals surface area contributed by atoms with Gasteiger partial charge in [-0.05, 0) is 43.2 Å². The number of rotatable bonds is 3. The first-order chi connectivity index (χ1) is 9.37. The molecule has 1 N–H and O–H groups in total. The van der Waals surface area contributed by atoms with Gasteiger partial charge in [0, 0.05) is 5.69 Å². The molecule has 0 amide bonds. The number of nitrogens with one attached hydrogen (secondary N) is 1. The van der Waals surface area contributed by atoms with E-state index < -0.39 is 6.36 Å². The number of ether oxygens (including phenoxy) is 1. The highest BCUT2D eigenvalue weighted by Crippen LogP contribution is 2.33. The predicted octanol–water partition coefficient (Wildman–Crippen LogP) is 4.95. The van der Waals surface area contributed by atoms with Gasteiger partial charge >= 0.3 is 6.36 Å². The van der Waals surface area contributed by atoms with Gasteiger partial charge in [0.25, 0.3) is 0 Å². The van der Waals surface area contributed by atoms with E-state index in [1.54, 1.807) is 12.1 Å². The van der Waals surface area contributed by atoms with Gasteiger partial charge in [-0.25, -0.2) is 0 Å². The Labute approximate surface area is 115 Å². The van der Waals surface area contributed by atoms with E-state index in [0.29, 0.717) is 0 Å². The van der Waals surface area contributed by atoms with Crippen molar-refractivity contribution in [2.24, 2.45) is 0 Å². The molecule has 0 aliphatic rings. The molecule has 0 bridgehead atoms. The molecular formula is C15H14F3NO. The van der Waals surface area contributed by atoms with Gasteiger partial charge in [-0.15, -0.1) is 13.2 Å². The van der Waals surface area contributed by atoms with Crippen molar-refractivity contribution in [3.63, 3.8) is 0 Å². The van der Waals surface area contributed by atoms with Crippen molar-refractivity contribution in [2.75, 3.05) is 5.32 Å². The number of halogens is 3. The first kappa shape index (κ1) is 14.2. The van der Waals surface area contributed by atoms with Crippen LogP contribution in [0.4, 0.5) is 24.5 Å².